The van der Waals surface area contributed by atoms with Crippen molar-refractivity contribution in [1.29, 1.82) is 0 Å². The van der Waals surface area contributed by atoms with Gasteiger partial charge in [0.05, 0.1) is 6.61 Å². The van der Waals surface area contributed by atoms with Crippen LogP contribution in [0.4, 0.5) is 0 Å². The lowest BCUT2D eigenvalue weighted by Gasteiger charge is -2.03. The first-order chi connectivity index (χ1) is 8.39. The van der Waals surface area contributed by atoms with Gasteiger partial charge in [-0.3, -0.25) is 4.79 Å². The Kier molecular flexibility index (Phi) is 8.14. The van der Waals surface area contributed by atoms with E-state index in [1.807, 2.05) is 6.92 Å². The quantitative estimate of drug-likeness (QED) is 0.359. The van der Waals surface area contributed by atoms with Gasteiger partial charge in [-0.2, -0.15) is 0 Å². The van der Waals surface area contributed by atoms with Gasteiger partial charge in [0.1, 0.15) is 14.7 Å². The van der Waals surface area contributed by atoms with Crippen LogP contribution in [-0.4, -0.2) is 32.4 Å². The predicted octanol–water partition coefficient (Wildman–Crippen LogP) is 2.28. The number of carbonyl (C=O) groups excluding carboxylic acids is 1. The Morgan fingerprint density at radius 3 is 2.56 bits per heavy atom. The van der Waals surface area contributed by atoms with Gasteiger partial charge in [-0.25, -0.2) is 0 Å². The van der Waals surface area contributed by atoms with Gasteiger partial charge in [-0.1, -0.05) is 32.5 Å². The van der Waals surface area contributed by atoms with Crippen LogP contribution >= 0.6 is 0 Å². The van der Waals surface area contributed by atoms with E-state index in [-0.39, 0.29) is 19.2 Å². The Balaban J connectivity index is 4.43. The molecule has 0 saturated carbocycles. The molecule has 0 rings (SSSR count). The van der Waals surface area contributed by atoms with Gasteiger partial charge in [-0.15, -0.1) is 11.3 Å². The van der Waals surface area contributed by atoms with Crippen LogP contribution in [0, 0.1) is 11.5 Å². The molecule has 0 unspecified atom stereocenters. The van der Waals surface area contributed by atoms with E-state index in [0.29, 0.717) is 12.0 Å². The fourth-order valence-electron chi connectivity index (χ4n) is 0.968. The Morgan fingerprint density at radius 2 is 2.06 bits per heavy atom. The normalized spacial score (nSPS) is 9.83. The number of aliphatic hydroxyl groups is 1. The molecule has 0 amide bonds. The lowest BCUT2D eigenvalue weighted by molar-refractivity contribution is -0.142. The number of aliphatic hydroxyl groups excluding tert-OH is 1. The average Bonchev–Trinajstić information content (AvgIpc) is 2.27. The number of hydrogen-bond acceptors (Lipinski definition) is 3. The van der Waals surface area contributed by atoms with Crippen LogP contribution in [0.3, 0.4) is 0 Å². The monoisotopic (exact) mass is 266 g/mol. The second-order valence-electron chi connectivity index (χ2n) is 4.98. The molecule has 100 valence electrons. The molecule has 4 heteroatoms. The third kappa shape index (κ3) is 9.92. The highest BCUT2D eigenvalue weighted by Gasteiger charge is 2.06. The maximum absolute atomic E-state index is 11.1. The van der Waals surface area contributed by atoms with Crippen LogP contribution < -0.4 is 0 Å². The van der Waals surface area contributed by atoms with Crippen molar-refractivity contribution in [1.82, 2.24) is 0 Å². The molecule has 0 atom stereocenters. The Morgan fingerprint density at radius 1 is 1.39 bits per heavy atom. The van der Waals surface area contributed by atoms with Crippen LogP contribution in [0.1, 0.15) is 19.8 Å². The zero-order chi connectivity index (χ0) is 14.0. The van der Waals surface area contributed by atoms with Gasteiger partial charge in [0.2, 0.25) is 0 Å². The van der Waals surface area contributed by atoms with E-state index < -0.39 is 8.07 Å². The summed E-state index contributed by atoms with van der Waals surface area (Å²) in [7, 11) is -1.38. The lowest BCUT2D eigenvalue weighted by atomic mass is 10.3. The first-order valence-electron chi connectivity index (χ1n) is 6.11. The van der Waals surface area contributed by atoms with Crippen molar-refractivity contribution in [2.75, 3.05) is 13.2 Å². The van der Waals surface area contributed by atoms with E-state index >= 15 is 0 Å². The molecule has 3 nitrogen and oxygen atoms in total. The minimum atomic E-state index is -1.38. The van der Waals surface area contributed by atoms with Crippen LogP contribution in [0.25, 0.3) is 0 Å². The standard InChI is InChI=1S/C14H22O3Si/c1-5-8-14(16)17-12-13(11-15)9-6-7-10-18(2,3)4/h6,15H,5,8,11-12H2,1-4H3. The summed E-state index contributed by atoms with van der Waals surface area (Å²) < 4.78 is 4.98. The Labute approximate surface area is 111 Å². The molecular formula is C14H22O3Si. The first-order valence-corrected chi connectivity index (χ1v) is 9.61. The second-order valence-corrected chi connectivity index (χ2v) is 9.73. The summed E-state index contributed by atoms with van der Waals surface area (Å²) in [5, 5.41) is 9.08. The van der Waals surface area contributed by atoms with E-state index in [1.54, 1.807) is 6.08 Å². The molecule has 0 spiro atoms. The van der Waals surface area contributed by atoms with Crippen molar-refractivity contribution in [3.8, 4) is 11.5 Å². The highest BCUT2D eigenvalue weighted by atomic mass is 28.3. The molecule has 0 aliphatic carbocycles. The molecule has 0 fully saturated rings. The van der Waals surface area contributed by atoms with Gasteiger partial charge in [-0.05, 0) is 6.42 Å². The summed E-state index contributed by atoms with van der Waals surface area (Å²) in [5.74, 6) is 2.65. The summed E-state index contributed by atoms with van der Waals surface area (Å²) in [4.78, 5) is 11.1. The van der Waals surface area contributed by atoms with E-state index in [0.717, 1.165) is 6.42 Å². The summed E-state index contributed by atoms with van der Waals surface area (Å²) in [6.45, 7) is 8.27. The van der Waals surface area contributed by atoms with E-state index in [4.69, 9.17) is 9.84 Å². The zero-order valence-corrected chi connectivity index (χ0v) is 12.7. The van der Waals surface area contributed by atoms with Crippen molar-refractivity contribution in [3.63, 3.8) is 0 Å². The van der Waals surface area contributed by atoms with Gasteiger partial charge >= 0.3 is 5.97 Å². The zero-order valence-electron chi connectivity index (χ0n) is 11.7. The van der Waals surface area contributed by atoms with E-state index in [2.05, 4.69) is 36.8 Å². The first kappa shape index (κ1) is 16.7. The van der Waals surface area contributed by atoms with Gasteiger partial charge < -0.3 is 9.84 Å². The van der Waals surface area contributed by atoms with Crippen molar-refractivity contribution >= 4 is 14.0 Å². The third-order valence-electron chi connectivity index (χ3n) is 1.85. The van der Waals surface area contributed by atoms with Gasteiger partial charge in [0.25, 0.3) is 0 Å². The Bertz CT molecular complexity index is 387. The van der Waals surface area contributed by atoms with E-state index in [9.17, 15) is 4.79 Å². The molecule has 0 heterocycles. The molecule has 1 N–H and O–H groups in total. The number of carbonyl (C=O) groups is 1. The average molecular weight is 266 g/mol. The molecule has 0 saturated heterocycles. The smallest absolute Gasteiger partial charge is 0.306 e. The molecule has 0 radical (unpaired) electrons. The number of rotatable bonds is 5. The van der Waals surface area contributed by atoms with Crippen LogP contribution in [0.5, 0.6) is 0 Å². The van der Waals surface area contributed by atoms with Crippen molar-refractivity contribution in [2.45, 2.75) is 39.4 Å². The SMILES string of the molecule is CCCC(=O)OCC(=C=CC#C[Si](C)(C)C)CO. The fraction of sp³-hybridized carbons (Fsp3) is 0.571. The van der Waals surface area contributed by atoms with Crippen LogP contribution in [0.15, 0.2) is 17.4 Å². The van der Waals surface area contributed by atoms with Gasteiger partial charge in [0.15, 0.2) is 0 Å². The molecule has 0 aliphatic heterocycles. The minimum Gasteiger partial charge on any atom is -0.460 e. The van der Waals surface area contributed by atoms with Gasteiger partial charge in [0, 0.05) is 18.1 Å². The summed E-state index contributed by atoms with van der Waals surface area (Å²) in [5.41, 5.74) is 6.54. The molecule has 0 aromatic carbocycles. The molecule has 0 aromatic rings. The fourth-order valence-corrected chi connectivity index (χ4v) is 1.47. The minimum absolute atomic E-state index is 0.0838. The molecule has 18 heavy (non-hydrogen) atoms. The highest BCUT2D eigenvalue weighted by molar-refractivity contribution is 6.83. The lowest BCUT2D eigenvalue weighted by Crippen LogP contribution is -2.16. The second kappa shape index (κ2) is 8.76. The topological polar surface area (TPSA) is 46.5 Å². The predicted molar refractivity (Wildman–Crippen MR) is 75.7 cm³/mol. The maximum Gasteiger partial charge on any atom is 0.306 e. The molecule has 0 bridgehead atoms. The van der Waals surface area contributed by atoms with E-state index in [1.165, 1.54) is 0 Å². The number of ether oxygens (including phenoxy) is 1. The number of hydrogen-bond donors (Lipinski definition) is 1. The summed E-state index contributed by atoms with van der Waals surface area (Å²) >= 11 is 0. The molecule has 0 aliphatic rings. The van der Waals surface area contributed by atoms with Crippen molar-refractivity contribution in [3.05, 3.63) is 17.4 Å². The largest absolute Gasteiger partial charge is 0.460 e. The maximum atomic E-state index is 11.1. The van der Waals surface area contributed by atoms with Crippen molar-refractivity contribution in [2.24, 2.45) is 0 Å². The Hall–Kier alpha value is -1.27. The van der Waals surface area contributed by atoms with Crippen LogP contribution in [-0.2, 0) is 9.53 Å². The molecule has 0 aromatic heterocycles. The third-order valence-corrected chi connectivity index (χ3v) is 2.74. The molecular weight excluding hydrogens is 244 g/mol. The number of esters is 1. The van der Waals surface area contributed by atoms with Crippen molar-refractivity contribution < 1.29 is 14.6 Å². The highest BCUT2D eigenvalue weighted by Crippen LogP contribution is 1.98. The van der Waals surface area contributed by atoms with Crippen LogP contribution in [0.2, 0.25) is 19.6 Å². The summed E-state index contributed by atoms with van der Waals surface area (Å²) in [6, 6.07) is 0. The summed E-state index contributed by atoms with van der Waals surface area (Å²) in [6.07, 6.45) is 2.74.